The van der Waals surface area contributed by atoms with Gasteiger partial charge in [0.2, 0.25) is 0 Å². The van der Waals surface area contributed by atoms with Crippen LogP contribution in [0.15, 0.2) is 0 Å². The monoisotopic (exact) mass is 220 g/mol. The molecule has 0 unspecified atom stereocenters. The molecular weight excluding hydrogens is 219 g/mol. The first-order valence-electron chi connectivity index (χ1n) is 0.978. The van der Waals surface area contributed by atoms with Gasteiger partial charge >= 0.3 is 40.3 Å². The van der Waals surface area contributed by atoms with Crippen LogP contribution in [0.5, 0.6) is 0 Å². The van der Waals surface area contributed by atoms with E-state index >= 15 is 0 Å². The van der Waals surface area contributed by atoms with Gasteiger partial charge in [-0.3, -0.25) is 9.78 Å². The van der Waals surface area contributed by atoms with Crippen molar-refractivity contribution < 1.29 is 59.2 Å². The molecule has 0 amide bonds. The van der Waals surface area contributed by atoms with Crippen molar-refractivity contribution in [3.05, 3.63) is 0 Å². The summed E-state index contributed by atoms with van der Waals surface area (Å²) >= 11 is 0. The Hall–Kier alpha value is 0.229. The minimum absolute atomic E-state index is 0. The Kier molecular flexibility index (Phi) is 20.2. The molecule has 0 aliphatic carbocycles. The number of hydrogen-bond donors (Lipinski definition) is 2. The zero-order valence-corrected chi connectivity index (χ0v) is 5.11. The summed E-state index contributed by atoms with van der Waals surface area (Å²) in [5.74, 6) is 0. The predicted molar refractivity (Wildman–Crippen MR) is 12.8 cm³/mol. The fraction of sp³-hybridized carbons (Fsp3) is 0. The third-order valence-electron chi connectivity index (χ3n) is 0.149. The second-order valence-electron chi connectivity index (χ2n) is 0.433. The molecule has 5 nitrogen and oxygen atoms in total. The first-order valence-corrected chi connectivity index (χ1v) is 0.978. The van der Waals surface area contributed by atoms with Gasteiger partial charge in [0.05, 0.1) is 0 Å². The van der Waals surface area contributed by atoms with Crippen LogP contribution >= 0.6 is 0 Å². The zero-order valence-electron chi connectivity index (χ0n) is 3.22. The van der Waals surface area contributed by atoms with Crippen molar-refractivity contribution in [1.29, 1.82) is 0 Å². The van der Waals surface area contributed by atoms with Gasteiger partial charge in [-0.05, 0) is 0 Å². The van der Waals surface area contributed by atoms with Crippen LogP contribution in [0.4, 0.5) is 4.79 Å². The Morgan fingerprint density at radius 1 is 1.12 bits per heavy atom. The van der Waals surface area contributed by atoms with Crippen LogP contribution in [0, 0.1) is 0 Å². The molecule has 0 rings (SSSR count). The van der Waals surface area contributed by atoms with Gasteiger partial charge in [0.1, 0.15) is 0 Å². The van der Waals surface area contributed by atoms with Crippen molar-refractivity contribution in [1.82, 2.24) is 0 Å². The smallest absolute Gasteiger partial charge is 0.260 e. The Labute approximate surface area is 65.8 Å². The maximum absolute atomic E-state index is 9.24. The summed E-state index contributed by atoms with van der Waals surface area (Å²) in [6.45, 7) is 0. The van der Waals surface area contributed by atoms with Gasteiger partial charge in [-0.25, -0.2) is 0 Å². The molecule has 0 spiro atoms. The van der Waals surface area contributed by atoms with Crippen molar-refractivity contribution in [3.63, 3.8) is 0 Å². The van der Waals surface area contributed by atoms with Crippen LogP contribution in [0.2, 0.25) is 0 Å². The molecular formula is CH2Cu2O5+4. The Morgan fingerprint density at radius 3 is 1.38 bits per heavy atom. The van der Waals surface area contributed by atoms with Gasteiger partial charge in [-0.2, -0.15) is 15.3 Å². The summed E-state index contributed by atoms with van der Waals surface area (Å²) in [7, 11) is 0. The minimum Gasteiger partial charge on any atom is -0.260 e. The number of carbonyl (C=O) groups is 1. The third kappa shape index (κ3) is 9.52. The van der Waals surface area contributed by atoms with Crippen LogP contribution in [-0.4, -0.2) is 16.7 Å². The molecule has 0 saturated heterocycles. The summed E-state index contributed by atoms with van der Waals surface area (Å²) in [6.07, 6.45) is -1.55. The van der Waals surface area contributed by atoms with E-state index in [0.29, 0.717) is 0 Å². The van der Waals surface area contributed by atoms with E-state index in [9.17, 15) is 4.79 Å². The van der Waals surface area contributed by atoms with Crippen LogP contribution < -0.4 is 0 Å². The van der Waals surface area contributed by atoms with E-state index in [1.807, 2.05) is 0 Å². The molecule has 0 aromatic rings. The Bertz CT molecular complexity index is 48.4. The van der Waals surface area contributed by atoms with E-state index in [1.54, 1.807) is 0 Å². The fourth-order valence-electron chi connectivity index (χ4n) is 0.0167. The molecule has 2 N–H and O–H groups in total. The van der Waals surface area contributed by atoms with E-state index in [1.165, 1.54) is 0 Å². The first kappa shape index (κ1) is 15.7. The Morgan fingerprint density at radius 2 is 1.38 bits per heavy atom. The van der Waals surface area contributed by atoms with Crippen molar-refractivity contribution >= 4 is 6.16 Å². The van der Waals surface area contributed by atoms with Crippen molar-refractivity contribution in [2.45, 2.75) is 0 Å². The molecule has 0 aromatic carbocycles. The van der Waals surface area contributed by atoms with Gasteiger partial charge in [-0.1, -0.05) is 0 Å². The molecule has 7 heteroatoms. The topological polar surface area (TPSA) is 76.0 Å². The van der Waals surface area contributed by atoms with E-state index < -0.39 is 6.16 Å². The molecule has 54 valence electrons. The summed E-state index contributed by atoms with van der Waals surface area (Å²) in [6, 6.07) is 0. The normalized spacial score (nSPS) is 5.25. The molecule has 8 heavy (non-hydrogen) atoms. The average molecular weight is 221 g/mol. The summed E-state index contributed by atoms with van der Waals surface area (Å²) < 4.78 is 0. The standard InChI is InChI=1S/CH2O5.2Cu/c2-1(5-3)6-4;;/h3-4H;;/q;2*+2. The molecule has 2 radical (unpaired) electrons. The number of rotatable bonds is 0. The largest absolute Gasteiger partial charge is 2.00 e. The van der Waals surface area contributed by atoms with Crippen molar-refractivity contribution in [3.8, 4) is 0 Å². The van der Waals surface area contributed by atoms with Gasteiger partial charge < -0.3 is 0 Å². The molecule has 0 heterocycles. The van der Waals surface area contributed by atoms with Crippen molar-refractivity contribution in [2.24, 2.45) is 0 Å². The Balaban J connectivity index is -0.000000125. The minimum atomic E-state index is -1.55. The van der Waals surface area contributed by atoms with E-state index in [4.69, 9.17) is 10.5 Å². The molecule has 0 atom stereocenters. The van der Waals surface area contributed by atoms with Gasteiger partial charge in [0.15, 0.2) is 0 Å². The number of carbonyl (C=O) groups excluding carboxylic acids is 1. The average Bonchev–Trinajstić information content (AvgIpc) is 1.65. The molecule has 0 fully saturated rings. The SMILES string of the molecule is O=C(OO)OO.[Cu+2].[Cu+2]. The summed E-state index contributed by atoms with van der Waals surface area (Å²) in [5, 5.41) is 14.4. The zero-order chi connectivity index (χ0) is 4.99. The predicted octanol–water partition coefficient (Wildman–Crippen LogP) is 0.0806. The molecule has 0 saturated carbocycles. The van der Waals surface area contributed by atoms with Crippen LogP contribution in [0.25, 0.3) is 0 Å². The molecule has 0 aromatic heterocycles. The van der Waals surface area contributed by atoms with Crippen LogP contribution in [-0.2, 0) is 43.9 Å². The summed E-state index contributed by atoms with van der Waals surface area (Å²) in [5.41, 5.74) is 0. The third-order valence-corrected chi connectivity index (χ3v) is 0.149. The maximum Gasteiger partial charge on any atom is 2.00 e. The maximum atomic E-state index is 9.24. The molecule has 0 bridgehead atoms. The van der Waals surface area contributed by atoms with Crippen LogP contribution in [0.3, 0.4) is 0 Å². The summed E-state index contributed by atoms with van der Waals surface area (Å²) in [4.78, 5) is 14.8. The second kappa shape index (κ2) is 10.3. The van der Waals surface area contributed by atoms with E-state index in [0.717, 1.165) is 0 Å². The molecule has 0 aliphatic rings. The van der Waals surface area contributed by atoms with Crippen molar-refractivity contribution in [2.75, 3.05) is 0 Å². The fourth-order valence-corrected chi connectivity index (χ4v) is 0.0167. The molecule has 0 aliphatic heterocycles. The number of hydrogen-bond acceptors (Lipinski definition) is 5. The van der Waals surface area contributed by atoms with E-state index in [2.05, 4.69) is 9.78 Å². The quantitative estimate of drug-likeness (QED) is 0.344. The van der Waals surface area contributed by atoms with Gasteiger partial charge in [0, 0.05) is 0 Å². The van der Waals surface area contributed by atoms with Crippen LogP contribution in [0.1, 0.15) is 0 Å². The van der Waals surface area contributed by atoms with E-state index in [-0.39, 0.29) is 34.1 Å². The van der Waals surface area contributed by atoms with Gasteiger partial charge in [-0.15, -0.1) is 0 Å². The first-order chi connectivity index (χ1) is 2.81. The van der Waals surface area contributed by atoms with Gasteiger partial charge in [0.25, 0.3) is 0 Å². The second-order valence-corrected chi connectivity index (χ2v) is 0.433.